The van der Waals surface area contributed by atoms with Gasteiger partial charge in [-0.1, -0.05) is 48.5 Å². The fourth-order valence-electron chi connectivity index (χ4n) is 4.07. The van der Waals surface area contributed by atoms with Gasteiger partial charge in [-0.25, -0.2) is 4.98 Å². The lowest BCUT2D eigenvalue weighted by Gasteiger charge is -2.23. The standard InChI is InChI=1S/C25H30N4O2/c1-20-17-29(18-22-9-5-6-10-24(22)31-20)15-12-25(30)27-23(21-7-3-2-4-8-21)11-14-28-16-13-26-19-28/h2-10,13,16,19-20,23H,11-12,14-15,17-18H2,1H3,(H,27,30). The van der Waals surface area contributed by atoms with E-state index in [-0.39, 0.29) is 18.1 Å². The van der Waals surface area contributed by atoms with Crippen LogP contribution < -0.4 is 10.1 Å². The largest absolute Gasteiger partial charge is 0.489 e. The predicted octanol–water partition coefficient (Wildman–Crippen LogP) is 3.80. The average molecular weight is 419 g/mol. The highest BCUT2D eigenvalue weighted by atomic mass is 16.5. The van der Waals surface area contributed by atoms with E-state index >= 15 is 0 Å². The molecule has 0 aliphatic carbocycles. The van der Waals surface area contributed by atoms with E-state index in [0.29, 0.717) is 13.0 Å². The molecule has 0 spiro atoms. The Hall–Kier alpha value is -3.12. The number of imidazole rings is 1. The van der Waals surface area contributed by atoms with Crippen molar-refractivity contribution < 1.29 is 9.53 Å². The Balaban J connectivity index is 1.35. The lowest BCUT2D eigenvalue weighted by molar-refractivity contribution is -0.122. The zero-order valence-corrected chi connectivity index (χ0v) is 18.0. The van der Waals surface area contributed by atoms with E-state index in [9.17, 15) is 4.79 Å². The van der Waals surface area contributed by atoms with Gasteiger partial charge in [0.2, 0.25) is 5.91 Å². The third-order valence-electron chi connectivity index (χ3n) is 5.64. The number of benzene rings is 2. The monoisotopic (exact) mass is 418 g/mol. The van der Waals surface area contributed by atoms with Crippen LogP contribution in [0.15, 0.2) is 73.3 Å². The Morgan fingerprint density at radius 1 is 1.16 bits per heavy atom. The molecule has 0 radical (unpaired) electrons. The Bertz CT molecular complexity index is 959. The number of para-hydroxylation sites is 1. The molecule has 162 valence electrons. The third-order valence-corrected chi connectivity index (χ3v) is 5.64. The summed E-state index contributed by atoms with van der Waals surface area (Å²) in [6.45, 7) is 5.20. The number of hydrogen-bond donors (Lipinski definition) is 1. The van der Waals surface area contributed by atoms with Gasteiger partial charge in [0.1, 0.15) is 11.9 Å². The van der Waals surface area contributed by atoms with Gasteiger partial charge in [-0.2, -0.15) is 0 Å². The summed E-state index contributed by atoms with van der Waals surface area (Å²) in [5.74, 6) is 1.02. The molecule has 1 N–H and O–H groups in total. The van der Waals surface area contributed by atoms with Crippen LogP contribution in [-0.4, -0.2) is 39.6 Å². The van der Waals surface area contributed by atoms with E-state index in [1.807, 2.05) is 53.5 Å². The first-order valence-corrected chi connectivity index (χ1v) is 10.9. The van der Waals surface area contributed by atoms with Gasteiger partial charge in [0.25, 0.3) is 0 Å². The number of amides is 1. The quantitative estimate of drug-likeness (QED) is 0.604. The van der Waals surface area contributed by atoms with Crippen molar-refractivity contribution in [1.82, 2.24) is 19.8 Å². The Morgan fingerprint density at radius 3 is 2.77 bits per heavy atom. The molecule has 2 aromatic carbocycles. The highest BCUT2D eigenvalue weighted by Gasteiger charge is 2.21. The summed E-state index contributed by atoms with van der Waals surface area (Å²) < 4.78 is 8.07. The van der Waals surface area contributed by atoms with Crippen LogP contribution in [0.4, 0.5) is 0 Å². The van der Waals surface area contributed by atoms with Gasteiger partial charge in [-0.3, -0.25) is 9.69 Å². The number of nitrogens with one attached hydrogen (secondary N) is 1. The number of rotatable bonds is 8. The molecule has 0 bridgehead atoms. The van der Waals surface area contributed by atoms with Gasteiger partial charge < -0.3 is 14.6 Å². The minimum atomic E-state index is -0.0248. The smallest absolute Gasteiger partial charge is 0.221 e. The van der Waals surface area contributed by atoms with Crippen LogP contribution in [0.5, 0.6) is 5.75 Å². The molecule has 2 unspecified atom stereocenters. The fourth-order valence-corrected chi connectivity index (χ4v) is 4.07. The van der Waals surface area contributed by atoms with Gasteiger partial charge >= 0.3 is 0 Å². The Morgan fingerprint density at radius 2 is 1.97 bits per heavy atom. The number of ether oxygens (including phenoxy) is 1. The first-order valence-electron chi connectivity index (χ1n) is 10.9. The molecular weight excluding hydrogens is 388 g/mol. The molecule has 1 aromatic heterocycles. The van der Waals surface area contributed by atoms with Gasteiger partial charge in [-0.15, -0.1) is 0 Å². The number of carbonyl (C=O) groups is 1. The highest BCUT2D eigenvalue weighted by molar-refractivity contribution is 5.76. The highest BCUT2D eigenvalue weighted by Crippen LogP contribution is 2.25. The number of nitrogens with zero attached hydrogens (tertiary/aromatic N) is 3. The van der Waals surface area contributed by atoms with Crippen molar-refractivity contribution in [2.24, 2.45) is 0 Å². The summed E-state index contributed by atoms with van der Waals surface area (Å²) in [4.78, 5) is 19.3. The molecule has 6 heteroatoms. The van der Waals surface area contributed by atoms with Gasteiger partial charge in [0.15, 0.2) is 0 Å². The second-order valence-corrected chi connectivity index (χ2v) is 8.14. The van der Waals surface area contributed by atoms with Crippen LogP contribution in [0.2, 0.25) is 0 Å². The molecule has 0 fully saturated rings. The fraction of sp³-hybridized carbons (Fsp3) is 0.360. The zero-order valence-electron chi connectivity index (χ0n) is 18.0. The van der Waals surface area contributed by atoms with Gasteiger partial charge in [0.05, 0.1) is 12.4 Å². The summed E-state index contributed by atoms with van der Waals surface area (Å²) in [5.41, 5.74) is 2.30. The Labute approximate surface area is 183 Å². The molecule has 2 heterocycles. The van der Waals surface area contributed by atoms with Crippen LogP contribution >= 0.6 is 0 Å². The summed E-state index contributed by atoms with van der Waals surface area (Å²) >= 11 is 0. The van der Waals surface area contributed by atoms with E-state index in [4.69, 9.17) is 4.74 Å². The molecule has 1 aliphatic rings. The minimum absolute atomic E-state index is 0.0248. The second kappa shape index (κ2) is 10.3. The maximum atomic E-state index is 12.9. The molecule has 2 atom stereocenters. The zero-order chi connectivity index (χ0) is 21.5. The van der Waals surface area contributed by atoms with Crippen molar-refractivity contribution in [2.75, 3.05) is 13.1 Å². The Kier molecular flexibility index (Phi) is 6.99. The number of hydrogen-bond acceptors (Lipinski definition) is 4. The summed E-state index contributed by atoms with van der Waals surface area (Å²) in [6, 6.07) is 18.3. The minimum Gasteiger partial charge on any atom is -0.489 e. The van der Waals surface area contributed by atoms with Gasteiger partial charge in [0, 0.05) is 50.6 Å². The average Bonchev–Trinajstić information content (AvgIpc) is 3.24. The van der Waals surface area contributed by atoms with E-state index in [1.54, 1.807) is 6.20 Å². The topological polar surface area (TPSA) is 59.4 Å². The molecule has 0 saturated heterocycles. The van der Waals surface area contributed by atoms with Crippen LogP contribution in [0.3, 0.4) is 0 Å². The number of aromatic nitrogens is 2. The SMILES string of the molecule is CC1CN(CCC(=O)NC(CCn2ccnc2)c2ccccc2)Cc2ccccc2O1. The maximum absolute atomic E-state index is 12.9. The molecule has 0 saturated carbocycles. The van der Waals surface area contributed by atoms with Crippen molar-refractivity contribution >= 4 is 5.91 Å². The van der Waals surface area contributed by atoms with E-state index in [0.717, 1.165) is 37.4 Å². The molecule has 4 rings (SSSR count). The van der Waals surface area contributed by atoms with Crippen molar-refractivity contribution in [3.63, 3.8) is 0 Å². The molecule has 6 nitrogen and oxygen atoms in total. The summed E-state index contributed by atoms with van der Waals surface area (Å²) in [7, 11) is 0. The molecule has 1 amide bonds. The third kappa shape index (κ3) is 5.95. The number of aryl methyl sites for hydroxylation is 1. The summed E-state index contributed by atoms with van der Waals surface area (Å²) in [5, 5.41) is 3.25. The van der Waals surface area contributed by atoms with Crippen molar-refractivity contribution in [3.8, 4) is 5.75 Å². The molecule has 3 aromatic rings. The van der Waals surface area contributed by atoms with Crippen LogP contribution in [0.25, 0.3) is 0 Å². The number of fused-ring (bicyclic) bond motifs is 1. The lowest BCUT2D eigenvalue weighted by Crippen LogP contribution is -2.36. The maximum Gasteiger partial charge on any atom is 0.221 e. The van der Waals surface area contributed by atoms with Crippen molar-refractivity contribution in [2.45, 2.75) is 45.0 Å². The molecule has 31 heavy (non-hydrogen) atoms. The van der Waals surface area contributed by atoms with Crippen molar-refractivity contribution in [1.29, 1.82) is 0 Å². The van der Waals surface area contributed by atoms with Gasteiger partial charge in [-0.05, 0) is 25.0 Å². The molecular formula is C25H30N4O2. The number of carbonyl (C=O) groups excluding carboxylic acids is 1. The van der Waals surface area contributed by atoms with Crippen LogP contribution in [-0.2, 0) is 17.9 Å². The van der Waals surface area contributed by atoms with E-state index < -0.39 is 0 Å². The van der Waals surface area contributed by atoms with Crippen LogP contribution in [0.1, 0.15) is 36.9 Å². The van der Waals surface area contributed by atoms with Crippen molar-refractivity contribution in [3.05, 3.63) is 84.4 Å². The lowest BCUT2D eigenvalue weighted by atomic mass is 10.0. The second-order valence-electron chi connectivity index (χ2n) is 8.14. The first-order chi connectivity index (χ1) is 15.2. The molecule has 1 aliphatic heterocycles. The predicted molar refractivity (Wildman–Crippen MR) is 121 cm³/mol. The normalized spacial score (nSPS) is 17.3. The summed E-state index contributed by atoms with van der Waals surface area (Å²) in [6.07, 6.45) is 6.91. The van der Waals surface area contributed by atoms with E-state index in [1.165, 1.54) is 5.56 Å². The van der Waals surface area contributed by atoms with Crippen LogP contribution in [0, 0.1) is 0 Å². The van der Waals surface area contributed by atoms with E-state index in [2.05, 4.69) is 40.3 Å². The first kappa shape index (κ1) is 21.1.